The summed E-state index contributed by atoms with van der Waals surface area (Å²) in [5.41, 5.74) is 7.92. The van der Waals surface area contributed by atoms with Gasteiger partial charge in [-0.25, -0.2) is 5.53 Å². The van der Waals surface area contributed by atoms with Crippen molar-refractivity contribution in [3.05, 3.63) is 35.9 Å². The van der Waals surface area contributed by atoms with Gasteiger partial charge >= 0.3 is 0 Å². The predicted molar refractivity (Wildman–Crippen MR) is 105 cm³/mol. The smallest absolute Gasteiger partial charge is 0.189 e. The molecule has 0 unspecified atom stereocenters. The Morgan fingerprint density at radius 2 is 2.08 bits per heavy atom. The summed E-state index contributed by atoms with van der Waals surface area (Å²) in [7, 11) is 0. The van der Waals surface area contributed by atoms with Crippen molar-refractivity contribution < 1.29 is 4.74 Å². The van der Waals surface area contributed by atoms with Gasteiger partial charge < -0.3 is 9.64 Å². The van der Waals surface area contributed by atoms with Gasteiger partial charge in [0.1, 0.15) is 12.4 Å². The van der Waals surface area contributed by atoms with E-state index in [-0.39, 0.29) is 24.0 Å². The highest BCUT2D eigenvalue weighted by Gasteiger charge is 2.26. The van der Waals surface area contributed by atoms with Crippen LogP contribution in [-0.2, 0) is 6.42 Å². The second-order valence-corrected chi connectivity index (χ2v) is 6.20. The normalized spacial score (nSPS) is 18.1. The Bertz CT molecular complexity index is 715. The van der Waals surface area contributed by atoms with Crippen LogP contribution in [0.4, 0.5) is 5.69 Å². The number of anilines is 1. The van der Waals surface area contributed by atoms with Crippen molar-refractivity contribution in [2.75, 3.05) is 18.1 Å². The molecule has 0 radical (unpaired) electrons. The number of hydrogen-bond donors (Lipinski definition) is 2. The number of rotatable bonds is 2. The Balaban J connectivity index is 0.00000169. The minimum atomic E-state index is 0. The summed E-state index contributed by atoms with van der Waals surface area (Å²) in [6, 6.07) is 6.45. The van der Waals surface area contributed by atoms with Crippen LogP contribution in [0.1, 0.15) is 19.4 Å². The minimum Gasteiger partial charge on any atom is -0.490 e. The van der Waals surface area contributed by atoms with Gasteiger partial charge in [-0.15, -0.1) is 39.7 Å². The molecule has 0 aliphatic carbocycles. The fourth-order valence-electron chi connectivity index (χ4n) is 2.95. The first-order chi connectivity index (χ1) is 11.2. The van der Waals surface area contributed by atoms with Crippen LogP contribution < -0.4 is 20.7 Å². The van der Waals surface area contributed by atoms with E-state index in [4.69, 9.17) is 4.74 Å². The maximum atomic E-state index is 5.87. The summed E-state index contributed by atoms with van der Waals surface area (Å²) in [6.07, 6.45) is 4.96. The summed E-state index contributed by atoms with van der Waals surface area (Å²) in [5.74, 6) is 3.16. The highest BCUT2D eigenvalue weighted by molar-refractivity contribution is 14.0. The number of fused-ring (bicyclic) bond motifs is 2. The number of amidine groups is 2. The first-order valence-corrected chi connectivity index (χ1v) is 7.89. The third-order valence-corrected chi connectivity index (χ3v) is 3.94. The molecule has 0 atom stereocenters. The minimum absolute atomic E-state index is 0. The highest BCUT2D eigenvalue weighted by Crippen LogP contribution is 2.34. The molecule has 1 aromatic carbocycles. The van der Waals surface area contributed by atoms with Crippen molar-refractivity contribution >= 4 is 41.3 Å². The van der Waals surface area contributed by atoms with Gasteiger partial charge in [0.25, 0.3) is 0 Å². The van der Waals surface area contributed by atoms with Crippen molar-refractivity contribution in [2.24, 2.45) is 16.1 Å². The van der Waals surface area contributed by atoms with E-state index in [1.807, 2.05) is 12.2 Å². The molecule has 0 bridgehead atoms. The van der Waals surface area contributed by atoms with E-state index < -0.39 is 0 Å². The van der Waals surface area contributed by atoms with Crippen molar-refractivity contribution in [1.29, 1.82) is 0 Å². The molecule has 24 heavy (non-hydrogen) atoms. The maximum Gasteiger partial charge on any atom is 0.189 e. The van der Waals surface area contributed by atoms with Gasteiger partial charge in [-0.1, -0.05) is 19.9 Å². The molecule has 0 amide bonds. The maximum absolute atomic E-state index is 5.87. The van der Waals surface area contributed by atoms with Crippen LogP contribution in [0.3, 0.4) is 0 Å². The number of hydrazine groups is 2. The standard InChI is InChI=1S/C16H20N6O.HI/c1-11(2)9-12-3-4-13-14(10-12)23-8-7-21(13)16-6-5-15-17-19-20-22(15)18-16;/h3-6,10-11,19-20H,7-9H2,1-2H3;1H. The van der Waals surface area contributed by atoms with Crippen LogP contribution >= 0.6 is 24.0 Å². The molecule has 3 aliphatic heterocycles. The second-order valence-electron chi connectivity index (χ2n) is 6.20. The summed E-state index contributed by atoms with van der Waals surface area (Å²) in [6.45, 7) is 5.87. The fourth-order valence-corrected chi connectivity index (χ4v) is 2.95. The Morgan fingerprint density at radius 3 is 2.92 bits per heavy atom. The lowest BCUT2D eigenvalue weighted by Gasteiger charge is -2.32. The molecular formula is C16H21IN6O. The molecule has 7 nitrogen and oxygen atoms in total. The number of nitrogens with one attached hydrogen (secondary N) is 2. The first-order valence-electron chi connectivity index (χ1n) is 7.89. The molecule has 0 aromatic heterocycles. The van der Waals surface area contributed by atoms with Crippen molar-refractivity contribution in [3.8, 4) is 5.75 Å². The molecule has 8 heteroatoms. The SMILES string of the molecule is CC(C)Cc1ccc2c(c1)OCCN2C1=NN2NNN=C2C=C1.I. The Labute approximate surface area is 158 Å². The van der Waals surface area contributed by atoms with Crippen LogP contribution in [0.5, 0.6) is 5.75 Å². The third-order valence-electron chi connectivity index (χ3n) is 3.94. The quantitative estimate of drug-likeness (QED) is 0.691. The number of ether oxygens (including phenoxy) is 1. The van der Waals surface area contributed by atoms with Crippen LogP contribution in [0.25, 0.3) is 0 Å². The second kappa shape index (κ2) is 6.98. The molecule has 1 aromatic rings. The monoisotopic (exact) mass is 440 g/mol. The lowest BCUT2D eigenvalue weighted by molar-refractivity contribution is 0.302. The van der Waals surface area contributed by atoms with Crippen LogP contribution in [0.15, 0.2) is 40.6 Å². The van der Waals surface area contributed by atoms with Gasteiger partial charge in [0.05, 0.1) is 12.2 Å². The van der Waals surface area contributed by atoms with Crippen LogP contribution in [0.2, 0.25) is 0 Å². The first kappa shape index (κ1) is 17.0. The Morgan fingerprint density at radius 1 is 1.25 bits per heavy atom. The van der Waals surface area contributed by atoms with Gasteiger partial charge in [-0.3, -0.25) is 0 Å². The van der Waals surface area contributed by atoms with E-state index in [1.165, 1.54) is 5.56 Å². The van der Waals surface area contributed by atoms with Crippen molar-refractivity contribution in [2.45, 2.75) is 20.3 Å². The molecule has 0 saturated carbocycles. The molecular weight excluding hydrogens is 419 g/mol. The summed E-state index contributed by atoms with van der Waals surface area (Å²) >= 11 is 0. The summed E-state index contributed by atoms with van der Waals surface area (Å²) < 4.78 is 5.87. The molecule has 4 rings (SSSR count). The van der Waals surface area contributed by atoms with Gasteiger partial charge in [-0.2, -0.15) is 5.12 Å². The predicted octanol–water partition coefficient (Wildman–Crippen LogP) is 2.22. The average Bonchev–Trinajstić information content (AvgIpc) is 3.01. The number of halogens is 1. The molecule has 3 aliphatic rings. The van der Waals surface area contributed by atoms with E-state index in [0.29, 0.717) is 12.5 Å². The van der Waals surface area contributed by atoms with E-state index in [1.54, 1.807) is 5.12 Å². The Hall–Kier alpha value is -1.81. The largest absolute Gasteiger partial charge is 0.490 e. The molecule has 0 fully saturated rings. The van der Waals surface area contributed by atoms with E-state index in [0.717, 1.165) is 36.1 Å². The number of hydrazone groups is 2. The van der Waals surface area contributed by atoms with Crippen LogP contribution in [0, 0.1) is 5.92 Å². The zero-order valence-corrected chi connectivity index (χ0v) is 16.0. The average molecular weight is 440 g/mol. The zero-order chi connectivity index (χ0) is 15.8. The molecule has 0 spiro atoms. The lowest BCUT2D eigenvalue weighted by atomic mass is 10.0. The van der Waals surface area contributed by atoms with E-state index in [2.05, 4.69) is 58.2 Å². The van der Waals surface area contributed by atoms with Gasteiger partial charge in [0, 0.05) is 0 Å². The molecule has 128 valence electrons. The summed E-state index contributed by atoms with van der Waals surface area (Å²) in [5, 5.41) is 10.3. The van der Waals surface area contributed by atoms with Gasteiger partial charge in [0.15, 0.2) is 11.7 Å². The van der Waals surface area contributed by atoms with E-state index in [9.17, 15) is 0 Å². The number of benzene rings is 1. The molecule has 2 N–H and O–H groups in total. The van der Waals surface area contributed by atoms with Crippen molar-refractivity contribution in [1.82, 2.24) is 16.2 Å². The van der Waals surface area contributed by atoms with E-state index >= 15 is 0 Å². The van der Waals surface area contributed by atoms with Crippen LogP contribution in [-0.4, -0.2) is 29.9 Å². The number of hydrogen-bond acceptors (Lipinski definition) is 7. The van der Waals surface area contributed by atoms with Gasteiger partial charge in [0.2, 0.25) is 0 Å². The fraction of sp³-hybridized carbons (Fsp3) is 0.375. The zero-order valence-electron chi connectivity index (χ0n) is 13.7. The third kappa shape index (κ3) is 3.20. The summed E-state index contributed by atoms with van der Waals surface area (Å²) in [4.78, 5) is 2.17. The molecule has 0 saturated heterocycles. The highest BCUT2D eigenvalue weighted by atomic mass is 127. The van der Waals surface area contributed by atoms with Crippen molar-refractivity contribution in [3.63, 3.8) is 0 Å². The lowest BCUT2D eigenvalue weighted by Crippen LogP contribution is -2.44. The van der Waals surface area contributed by atoms with Gasteiger partial charge in [-0.05, 0) is 42.2 Å². The number of nitrogens with zero attached hydrogens (tertiary/aromatic N) is 4. The topological polar surface area (TPSA) is 64.5 Å². The Kier molecular flexibility index (Phi) is 4.95. The molecule has 3 heterocycles.